The minimum atomic E-state index is -3.28. The predicted octanol–water partition coefficient (Wildman–Crippen LogP) is 5.16. The summed E-state index contributed by atoms with van der Waals surface area (Å²) in [4.78, 5) is 40.9. The zero-order valence-corrected chi connectivity index (χ0v) is 21.7. The fourth-order valence-electron chi connectivity index (χ4n) is 3.52. The predicted molar refractivity (Wildman–Crippen MR) is 124 cm³/mol. The highest BCUT2D eigenvalue weighted by Gasteiger charge is 2.54. The van der Waals surface area contributed by atoms with Gasteiger partial charge in [-0.2, -0.15) is 0 Å². The Morgan fingerprint density at radius 3 is 2.05 bits per heavy atom. The molecule has 206 valence electrons. The first-order valence-electron chi connectivity index (χ1n) is 11.1. The minimum Gasteiger partial charge on any atom is -0.452 e. The number of amidine groups is 1. The van der Waals surface area contributed by atoms with Gasteiger partial charge in [0.05, 0.1) is 4.92 Å². The number of rotatable bonds is 4. The molecule has 14 heteroatoms. The molecule has 0 fully saturated rings. The van der Waals surface area contributed by atoms with Gasteiger partial charge in [0.25, 0.3) is 12.1 Å². The Hall–Kier alpha value is -3.42. The molecule has 0 bridgehead atoms. The number of aliphatic imine (C=N–C) groups is 1. The van der Waals surface area contributed by atoms with Crippen molar-refractivity contribution in [3.63, 3.8) is 0 Å². The maximum absolute atomic E-state index is 15.0. The molecule has 0 spiro atoms. The maximum Gasteiger partial charge on any atom is 0.428 e. The van der Waals surface area contributed by atoms with Crippen LogP contribution < -0.4 is 0 Å². The number of nitrogens with zero attached hydrogens (tertiary/aromatic N) is 3. The van der Waals surface area contributed by atoms with Crippen LogP contribution in [0.2, 0.25) is 0 Å². The van der Waals surface area contributed by atoms with Crippen LogP contribution in [-0.4, -0.2) is 65.0 Å². The summed E-state index contributed by atoms with van der Waals surface area (Å²) in [6.07, 6.45) is -9.91. The van der Waals surface area contributed by atoms with E-state index in [1.807, 2.05) is 0 Å². The van der Waals surface area contributed by atoms with Gasteiger partial charge >= 0.3 is 18.2 Å². The molecule has 0 saturated carbocycles. The van der Waals surface area contributed by atoms with Crippen LogP contribution >= 0.6 is 0 Å². The number of nitro groups is 1. The summed E-state index contributed by atoms with van der Waals surface area (Å²) in [5.41, 5.74) is -5.48. The SMILES string of the molecule is CO[C@H]1[C@@H](C(F)F)OC(N(C(=O)OC(C)(C)C)C(=O)OC(C)(C)C)=N[C@]1(C)c1cc([N+](=O)[O-])ccc1F. The van der Waals surface area contributed by atoms with Gasteiger partial charge in [-0.1, -0.05) is 0 Å². The van der Waals surface area contributed by atoms with E-state index in [1.165, 1.54) is 41.5 Å². The molecule has 0 aromatic heterocycles. The number of nitro benzene ring substituents is 1. The standard InChI is InChI=1S/C23H30F3N3O8/c1-21(2,3)36-19(30)28(20(31)37-22(4,5)6)18-27-23(7,16(34-8)15(35-18)17(25)26)13-11-12(29(32)33)9-10-14(13)24/h9-11,15-17H,1-8H3/t15-,16-,23+/m0/s1. The highest BCUT2D eigenvalue weighted by molar-refractivity contribution is 6.06. The van der Waals surface area contributed by atoms with E-state index in [0.717, 1.165) is 32.2 Å². The Labute approximate surface area is 211 Å². The van der Waals surface area contributed by atoms with E-state index in [-0.39, 0.29) is 4.90 Å². The van der Waals surface area contributed by atoms with Crippen molar-refractivity contribution in [3.8, 4) is 0 Å². The zero-order valence-electron chi connectivity index (χ0n) is 21.7. The first kappa shape index (κ1) is 29.8. The fourth-order valence-corrected chi connectivity index (χ4v) is 3.52. The molecule has 1 aromatic rings. The summed E-state index contributed by atoms with van der Waals surface area (Å²) in [6, 6.07) is 1.47. The maximum atomic E-state index is 15.0. The topological polar surface area (TPSA) is 130 Å². The van der Waals surface area contributed by atoms with Crippen LogP contribution in [0.5, 0.6) is 0 Å². The molecule has 0 saturated heterocycles. The van der Waals surface area contributed by atoms with Gasteiger partial charge in [-0.05, 0) is 54.5 Å². The van der Waals surface area contributed by atoms with Crippen molar-refractivity contribution >= 4 is 23.9 Å². The molecule has 0 N–H and O–H groups in total. The van der Waals surface area contributed by atoms with Gasteiger partial charge < -0.3 is 18.9 Å². The Bertz CT molecular complexity index is 1060. The van der Waals surface area contributed by atoms with Gasteiger partial charge in [0, 0.05) is 24.8 Å². The third-order valence-corrected chi connectivity index (χ3v) is 4.97. The molecule has 11 nitrogen and oxygen atoms in total. The molecule has 1 aromatic carbocycles. The molecule has 2 rings (SSSR count). The minimum absolute atomic E-state index is 0.172. The molecule has 3 atom stereocenters. The van der Waals surface area contributed by atoms with Gasteiger partial charge in [-0.25, -0.2) is 27.8 Å². The Balaban J connectivity index is 2.83. The molecule has 1 heterocycles. The average Bonchev–Trinajstić information content (AvgIpc) is 2.70. The average molecular weight is 534 g/mol. The van der Waals surface area contributed by atoms with Crippen molar-refractivity contribution in [1.82, 2.24) is 4.90 Å². The lowest BCUT2D eigenvalue weighted by Crippen LogP contribution is -2.58. The number of non-ortho nitro benzene ring substituents is 1. The summed E-state index contributed by atoms with van der Waals surface area (Å²) in [6.45, 7) is 10.1. The lowest BCUT2D eigenvalue weighted by atomic mass is 9.82. The quantitative estimate of drug-likeness (QED) is 0.383. The van der Waals surface area contributed by atoms with Crippen LogP contribution in [0.1, 0.15) is 54.0 Å². The van der Waals surface area contributed by atoms with E-state index in [1.54, 1.807) is 0 Å². The van der Waals surface area contributed by atoms with Gasteiger partial charge in [-0.15, -0.1) is 4.90 Å². The van der Waals surface area contributed by atoms with Crippen molar-refractivity contribution in [2.45, 2.75) is 83.8 Å². The smallest absolute Gasteiger partial charge is 0.428 e. The van der Waals surface area contributed by atoms with Crippen LogP contribution in [0.3, 0.4) is 0 Å². The second kappa shape index (κ2) is 10.5. The van der Waals surface area contributed by atoms with Crippen LogP contribution in [0.15, 0.2) is 23.2 Å². The number of amides is 2. The summed E-state index contributed by atoms with van der Waals surface area (Å²) < 4.78 is 64.3. The second-order valence-electron chi connectivity index (χ2n) is 10.3. The normalized spacial score (nSPS) is 22.1. The Morgan fingerprint density at radius 2 is 1.65 bits per heavy atom. The molecule has 1 aliphatic heterocycles. The molecule has 37 heavy (non-hydrogen) atoms. The number of methoxy groups -OCH3 is 1. The number of hydrogen-bond donors (Lipinski definition) is 0. The highest BCUT2D eigenvalue weighted by Crippen LogP contribution is 2.41. The van der Waals surface area contributed by atoms with Gasteiger partial charge in [-0.3, -0.25) is 10.1 Å². The van der Waals surface area contributed by atoms with E-state index in [9.17, 15) is 28.5 Å². The van der Waals surface area contributed by atoms with E-state index in [2.05, 4.69) is 4.99 Å². The van der Waals surface area contributed by atoms with E-state index < -0.39 is 75.6 Å². The van der Waals surface area contributed by atoms with Crippen molar-refractivity contribution in [1.29, 1.82) is 0 Å². The van der Waals surface area contributed by atoms with Crippen molar-refractivity contribution in [2.24, 2.45) is 4.99 Å². The Kier molecular flexibility index (Phi) is 8.47. The third-order valence-electron chi connectivity index (χ3n) is 4.97. The molecule has 0 radical (unpaired) electrons. The first-order chi connectivity index (χ1) is 16.8. The summed E-state index contributed by atoms with van der Waals surface area (Å²) in [5.74, 6) is -1.03. The number of imide groups is 1. The molecule has 0 unspecified atom stereocenters. The largest absolute Gasteiger partial charge is 0.452 e. The van der Waals surface area contributed by atoms with Crippen LogP contribution in [0, 0.1) is 15.9 Å². The first-order valence-corrected chi connectivity index (χ1v) is 11.1. The monoisotopic (exact) mass is 533 g/mol. The lowest BCUT2D eigenvalue weighted by Gasteiger charge is -2.43. The number of benzene rings is 1. The number of carbonyl (C=O) groups is 2. The molecular weight excluding hydrogens is 503 g/mol. The van der Waals surface area contributed by atoms with Crippen molar-refractivity contribution in [2.75, 3.05) is 7.11 Å². The van der Waals surface area contributed by atoms with Gasteiger partial charge in [0.2, 0.25) is 0 Å². The lowest BCUT2D eigenvalue weighted by molar-refractivity contribution is -0.385. The number of alkyl halides is 2. The summed E-state index contributed by atoms with van der Waals surface area (Å²) in [7, 11) is 1.04. The summed E-state index contributed by atoms with van der Waals surface area (Å²) >= 11 is 0. The van der Waals surface area contributed by atoms with Crippen LogP contribution in [0.25, 0.3) is 0 Å². The fraction of sp³-hybridized carbons (Fsp3) is 0.609. The van der Waals surface area contributed by atoms with Gasteiger partial charge in [0.15, 0.2) is 6.10 Å². The number of halogens is 3. The molecule has 2 amide bonds. The van der Waals surface area contributed by atoms with Crippen molar-refractivity contribution in [3.05, 3.63) is 39.7 Å². The molecule has 0 aliphatic carbocycles. The Morgan fingerprint density at radius 1 is 1.14 bits per heavy atom. The number of hydrogen-bond acceptors (Lipinski definition) is 9. The third kappa shape index (κ3) is 6.87. The molecular formula is C23H30F3N3O8. The van der Waals surface area contributed by atoms with Crippen LogP contribution in [0.4, 0.5) is 28.4 Å². The van der Waals surface area contributed by atoms with Crippen molar-refractivity contribution < 1.29 is 46.6 Å². The van der Waals surface area contributed by atoms with E-state index in [4.69, 9.17) is 18.9 Å². The van der Waals surface area contributed by atoms with E-state index in [0.29, 0.717) is 0 Å². The zero-order chi connectivity index (χ0) is 28.5. The van der Waals surface area contributed by atoms with E-state index >= 15 is 4.39 Å². The van der Waals surface area contributed by atoms with Gasteiger partial charge in [0.1, 0.15) is 28.7 Å². The van der Waals surface area contributed by atoms with Crippen LogP contribution in [-0.2, 0) is 24.5 Å². The number of carbonyl (C=O) groups excluding carboxylic acids is 2. The summed E-state index contributed by atoms with van der Waals surface area (Å²) in [5, 5.41) is 11.3. The highest BCUT2D eigenvalue weighted by atomic mass is 19.3. The molecule has 1 aliphatic rings. The second-order valence-corrected chi connectivity index (χ2v) is 10.3. The number of ether oxygens (including phenoxy) is 4.